The molecule has 0 amide bonds. The van der Waals surface area contributed by atoms with Crippen molar-refractivity contribution >= 4 is 12.4 Å². The highest BCUT2D eigenvalue weighted by molar-refractivity contribution is 5.59. The third-order valence-electron chi connectivity index (χ3n) is 1.38. The second-order valence-corrected chi connectivity index (χ2v) is 2.27. The van der Waals surface area contributed by atoms with Crippen LogP contribution in [0.4, 0.5) is 0 Å². The second kappa shape index (κ2) is 4.20. The van der Waals surface area contributed by atoms with Crippen molar-refractivity contribution in [2.75, 3.05) is 0 Å². The fourth-order valence-corrected chi connectivity index (χ4v) is 0.793. The van der Waals surface area contributed by atoms with E-state index in [1.54, 1.807) is 0 Å². The van der Waals surface area contributed by atoms with Crippen LogP contribution in [0.25, 0.3) is 6.08 Å². The Bertz CT molecular complexity index is 381. The minimum atomic E-state index is -0.436. The molecular weight excluding hydrogens is 172 g/mol. The summed E-state index contributed by atoms with van der Waals surface area (Å²) in [5, 5.41) is 9.12. The number of allylic oxidation sites excluding steroid dienone is 1. The van der Waals surface area contributed by atoms with Gasteiger partial charge in [-0.15, -0.1) is 0 Å². The third kappa shape index (κ3) is 2.26. The van der Waals surface area contributed by atoms with E-state index in [1.807, 2.05) is 0 Å². The average Bonchev–Trinajstić information content (AvgIpc) is 2.10. The molecule has 0 spiro atoms. The van der Waals surface area contributed by atoms with Crippen molar-refractivity contribution in [1.82, 2.24) is 9.97 Å². The number of aromatic hydroxyl groups is 1. The quantitative estimate of drug-likeness (QED) is 0.645. The van der Waals surface area contributed by atoms with Gasteiger partial charge in [0.25, 0.3) is 5.56 Å². The van der Waals surface area contributed by atoms with E-state index in [0.717, 1.165) is 6.33 Å². The van der Waals surface area contributed by atoms with Crippen LogP contribution in [0.15, 0.2) is 17.2 Å². The number of carbonyl (C=O) groups excluding carboxylic acids is 1. The molecule has 0 radical (unpaired) electrons. The third-order valence-corrected chi connectivity index (χ3v) is 1.38. The molecule has 13 heavy (non-hydrogen) atoms. The van der Waals surface area contributed by atoms with Crippen LogP contribution >= 0.6 is 0 Å². The van der Waals surface area contributed by atoms with Crippen molar-refractivity contribution in [2.45, 2.75) is 6.42 Å². The Morgan fingerprint density at radius 3 is 3.00 bits per heavy atom. The highest BCUT2D eigenvalue weighted by Crippen LogP contribution is 2.07. The molecule has 1 rings (SSSR count). The zero-order valence-corrected chi connectivity index (χ0v) is 6.73. The summed E-state index contributed by atoms with van der Waals surface area (Å²) in [4.78, 5) is 26.8. The van der Waals surface area contributed by atoms with Crippen LogP contribution in [0.3, 0.4) is 0 Å². The molecule has 68 valence electrons. The van der Waals surface area contributed by atoms with Gasteiger partial charge in [0.1, 0.15) is 11.8 Å². The molecule has 0 saturated carbocycles. The van der Waals surface area contributed by atoms with E-state index < -0.39 is 5.56 Å². The van der Waals surface area contributed by atoms with Gasteiger partial charge in [0, 0.05) is 6.42 Å². The lowest BCUT2D eigenvalue weighted by molar-refractivity contribution is -0.107. The van der Waals surface area contributed by atoms with Crippen LogP contribution in [-0.2, 0) is 4.79 Å². The zero-order valence-electron chi connectivity index (χ0n) is 6.73. The van der Waals surface area contributed by atoms with Gasteiger partial charge in [0.05, 0.1) is 6.33 Å². The molecule has 5 heteroatoms. The Balaban J connectivity index is 3.00. The number of hydrogen-bond donors (Lipinski definition) is 2. The summed E-state index contributed by atoms with van der Waals surface area (Å²) in [6.07, 6.45) is 4.83. The number of nitrogens with one attached hydrogen (secondary N) is 1. The van der Waals surface area contributed by atoms with Gasteiger partial charge in [-0.05, 0) is 6.08 Å². The van der Waals surface area contributed by atoms with Gasteiger partial charge < -0.3 is 14.9 Å². The van der Waals surface area contributed by atoms with E-state index >= 15 is 0 Å². The number of rotatable bonds is 3. The maximum absolute atomic E-state index is 11.0. The fourth-order valence-electron chi connectivity index (χ4n) is 0.793. The number of aromatic amines is 1. The largest absolute Gasteiger partial charge is 0.493 e. The monoisotopic (exact) mass is 180 g/mol. The van der Waals surface area contributed by atoms with Crippen LogP contribution in [0.1, 0.15) is 12.0 Å². The SMILES string of the molecule is O=CCC=Cc1c(O)nc[nH]c1=O. The summed E-state index contributed by atoms with van der Waals surface area (Å²) in [5.41, 5.74) is -0.376. The van der Waals surface area contributed by atoms with Crippen LogP contribution in [0.2, 0.25) is 0 Å². The molecule has 1 heterocycles. The topological polar surface area (TPSA) is 83.0 Å². The number of aromatic nitrogens is 2. The second-order valence-electron chi connectivity index (χ2n) is 2.27. The number of hydrogen-bond acceptors (Lipinski definition) is 4. The maximum Gasteiger partial charge on any atom is 0.261 e. The van der Waals surface area contributed by atoms with Crippen LogP contribution in [0, 0.1) is 0 Å². The number of aldehydes is 1. The smallest absolute Gasteiger partial charge is 0.261 e. The normalized spacial score (nSPS) is 10.5. The maximum atomic E-state index is 11.0. The average molecular weight is 180 g/mol. The molecule has 0 aliphatic rings. The number of carbonyl (C=O) groups is 1. The van der Waals surface area contributed by atoms with Gasteiger partial charge in [-0.2, -0.15) is 0 Å². The van der Waals surface area contributed by atoms with Crippen LogP contribution in [0.5, 0.6) is 5.88 Å². The molecule has 0 unspecified atom stereocenters. The fraction of sp³-hybridized carbons (Fsp3) is 0.125. The minimum absolute atomic E-state index is 0.0596. The molecule has 0 aliphatic carbocycles. The lowest BCUT2D eigenvalue weighted by atomic mass is 10.2. The Kier molecular flexibility index (Phi) is 2.97. The Morgan fingerprint density at radius 1 is 1.62 bits per heavy atom. The van der Waals surface area contributed by atoms with E-state index in [4.69, 9.17) is 5.11 Å². The Labute approximate surface area is 73.8 Å². The molecule has 1 aromatic heterocycles. The van der Waals surface area contributed by atoms with Crippen LogP contribution in [-0.4, -0.2) is 21.4 Å². The molecule has 0 saturated heterocycles. The van der Waals surface area contributed by atoms with E-state index in [0.29, 0.717) is 6.29 Å². The predicted octanol–water partition coefficient (Wildman–Crippen LogP) is 0.0777. The van der Waals surface area contributed by atoms with E-state index in [1.165, 1.54) is 12.2 Å². The molecule has 0 atom stereocenters. The highest BCUT2D eigenvalue weighted by atomic mass is 16.3. The molecule has 0 aliphatic heterocycles. The summed E-state index contributed by atoms with van der Waals surface area (Å²) >= 11 is 0. The van der Waals surface area contributed by atoms with Crippen molar-refractivity contribution in [3.8, 4) is 5.88 Å². The lowest BCUT2D eigenvalue weighted by Gasteiger charge is -1.93. The van der Waals surface area contributed by atoms with Gasteiger partial charge >= 0.3 is 0 Å². The molecule has 5 nitrogen and oxygen atoms in total. The Morgan fingerprint density at radius 2 is 2.38 bits per heavy atom. The Hall–Kier alpha value is -1.91. The molecule has 0 fully saturated rings. The summed E-state index contributed by atoms with van der Waals surface area (Å²) in [7, 11) is 0. The predicted molar refractivity (Wildman–Crippen MR) is 46.2 cm³/mol. The highest BCUT2D eigenvalue weighted by Gasteiger charge is 2.01. The lowest BCUT2D eigenvalue weighted by Crippen LogP contribution is -2.09. The van der Waals surface area contributed by atoms with Gasteiger partial charge in [0.2, 0.25) is 5.88 Å². The van der Waals surface area contributed by atoms with Gasteiger partial charge in [0.15, 0.2) is 0 Å². The molecule has 0 bridgehead atoms. The first-order chi connectivity index (χ1) is 6.25. The van der Waals surface area contributed by atoms with Crippen molar-refractivity contribution in [2.24, 2.45) is 0 Å². The molecular formula is C8H8N2O3. The summed E-state index contributed by atoms with van der Waals surface area (Å²) in [5.74, 6) is -0.342. The van der Waals surface area contributed by atoms with E-state index in [9.17, 15) is 9.59 Å². The van der Waals surface area contributed by atoms with Gasteiger partial charge in [-0.25, -0.2) is 4.98 Å². The minimum Gasteiger partial charge on any atom is -0.493 e. The van der Waals surface area contributed by atoms with E-state index in [-0.39, 0.29) is 17.9 Å². The summed E-state index contributed by atoms with van der Waals surface area (Å²) in [6.45, 7) is 0. The standard InChI is InChI=1S/C8H8N2O3/c11-4-2-1-3-6-7(12)9-5-10-8(6)13/h1,3-5H,2H2,(H2,9,10,12,13). The molecule has 2 N–H and O–H groups in total. The first kappa shape index (κ1) is 9.18. The van der Waals surface area contributed by atoms with Crippen molar-refractivity contribution in [3.63, 3.8) is 0 Å². The van der Waals surface area contributed by atoms with Crippen molar-refractivity contribution < 1.29 is 9.90 Å². The van der Waals surface area contributed by atoms with Gasteiger partial charge in [-0.1, -0.05) is 6.08 Å². The van der Waals surface area contributed by atoms with E-state index in [2.05, 4.69) is 9.97 Å². The first-order valence-electron chi connectivity index (χ1n) is 3.62. The summed E-state index contributed by atoms with van der Waals surface area (Å²) < 4.78 is 0. The molecule has 0 aromatic carbocycles. The number of H-pyrrole nitrogens is 1. The van der Waals surface area contributed by atoms with Crippen molar-refractivity contribution in [1.29, 1.82) is 0 Å². The van der Waals surface area contributed by atoms with Crippen LogP contribution < -0.4 is 5.56 Å². The first-order valence-corrected chi connectivity index (χ1v) is 3.62. The van der Waals surface area contributed by atoms with Gasteiger partial charge in [-0.3, -0.25) is 4.79 Å². The summed E-state index contributed by atoms with van der Waals surface area (Å²) in [6, 6.07) is 0. The molecule has 1 aromatic rings. The number of nitrogens with zero attached hydrogens (tertiary/aromatic N) is 1. The van der Waals surface area contributed by atoms with Crippen molar-refractivity contribution in [3.05, 3.63) is 28.3 Å². The zero-order chi connectivity index (χ0) is 9.68.